The first-order valence-electron chi connectivity index (χ1n) is 6.73. The second-order valence-electron chi connectivity index (χ2n) is 5.03. The fourth-order valence-corrected chi connectivity index (χ4v) is 2.89. The van der Waals surface area contributed by atoms with Crippen LogP contribution in [0.25, 0.3) is 22.2 Å². The molecule has 0 amide bonds. The van der Waals surface area contributed by atoms with E-state index in [9.17, 15) is 14.3 Å². The van der Waals surface area contributed by atoms with Gasteiger partial charge in [0.1, 0.15) is 11.6 Å². The summed E-state index contributed by atoms with van der Waals surface area (Å²) in [6, 6.07) is 6.09. The number of rotatable bonds is 3. The summed E-state index contributed by atoms with van der Waals surface area (Å²) >= 11 is 3.11. The van der Waals surface area contributed by atoms with Gasteiger partial charge in [-0.25, -0.2) is 9.18 Å². The minimum Gasteiger partial charge on any atom is -0.496 e. The largest absolute Gasteiger partial charge is 0.496 e. The van der Waals surface area contributed by atoms with Gasteiger partial charge in [-0.3, -0.25) is 4.57 Å². The van der Waals surface area contributed by atoms with Gasteiger partial charge in [-0.05, 0) is 45.3 Å². The molecule has 2 aromatic carbocycles. The summed E-state index contributed by atoms with van der Waals surface area (Å²) in [6.45, 7) is -0.264. The van der Waals surface area contributed by atoms with Crippen molar-refractivity contribution >= 4 is 27.0 Å². The van der Waals surface area contributed by atoms with Gasteiger partial charge in [0.15, 0.2) is 5.58 Å². The molecule has 7 heteroatoms. The maximum atomic E-state index is 14.0. The first-order valence-corrected chi connectivity index (χ1v) is 7.52. The van der Waals surface area contributed by atoms with Crippen LogP contribution in [0.2, 0.25) is 0 Å². The van der Waals surface area contributed by atoms with Crippen LogP contribution in [-0.4, -0.2) is 16.8 Å². The highest BCUT2D eigenvalue weighted by Gasteiger charge is 2.17. The summed E-state index contributed by atoms with van der Waals surface area (Å²) in [7, 11) is 3.05. The molecular weight excluding hydrogens is 369 g/mol. The molecule has 0 bridgehead atoms. The van der Waals surface area contributed by atoms with E-state index in [1.165, 1.54) is 23.8 Å². The van der Waals surface area contributed by atoms with Crippen LogP contribution >= 0.6 is 15.9 Å². The smallest absolute Gasteiger partial charge is 0.419 e. The average Bonchev–Trinajstić information content (AvgIpc) is 2.82. The van der Waals surface area contributed by atoms with E-state index in [-0.39, 0.29) is 11.1 Å². The first kappa shape index (κ1) is 15.8. The number of aliphatic hydroxyl groups excluding tert-OH is 1. The predicted octanol–water partition coefficient (Wildman–Crippen LogP) is 3.20. The Morgan fingerprint density at radius 2 is 2.04 bits per heavy atom. The Morgan fingerprint density at radius 1 is 1.30 bits per heavy atom. The van der Waals surface area contributed by atoms with Gasteiger partial charge in [0.2, 0.25) is 0 Å². The highest BCUT2D eigenvalue weighted by Crippen LogP contribution is 2.37. The average molecular weight is 382 g/mol. The number of aliphatic hydroxyl groups is 1. The van der Waals surface area contributed by atoms with Crippen LogP contribution in [0.3, 0.4) is 0 Å². The van der Waals surface area contributed by atoms with Gasteiger partial charge in [-0.1, -0.05) is 0 Å². The molecule has 0 aliphatic rings. The standard InChI is InChI=1S/C16H13BrFNO4/c1-19-13-5-10(14(22-2)6-15(13)23-16(19)21)9-4-12(18)11(17)3-8(9)7-20/h3-6,20H,7H2,1-2H3. The number of nitrogens with zero attached hydrogens (tertiary/aromatic N) is 1. The number of aromatic nitrogens is 1. The van der Waals surface area contributed by atoms with Crippen molar-refractivity contribution in [2.75, 3.05) is 7.11 Å². The molecule has 1 N–H and O–H groups in total. The number of fused-ring (bicyclic) bond motifs is 1. The summed E-state index contributed by atoms with van der Waals surface area (Å²) in [5.41, 5.74) is 2.51. The Morgan fingerprint density at radius 3 is 2.70 bits per heavy atom. The van der Waals surface area contributed by atoms with Crippen LogP contribution in [0.4, 0.5) is 4.39 Å². The van der Waals surface area contributed by atoms with E-state index in [1.54, 1.807) is 19.2 Å². The monoisotopic (exact) mass is 381 g/mol. The maximum Gasteiger partial charge on any atom is 0.419 e. The third-order valence-electron chi connectivity index (χ3n) is 3.72. The molecule has 0 aliphatic carbocycles. The van der Waals surface area contributed by atoms with Gasteiger partial charge in [0, 0.05) is 18.7 Å². The van der Waals surface area contributed by atoms with Crippen LogP contribution in [0, 0.1) is 5.82 Å². The quantitative estimate of drug-likeness (QED) is 0.756. The minimum atomic E-state index is -0.497. The second-order valence-corrected chi connectivity index (χ2v) is 5.88. The zero-order chi connectivity index (χ0) is 16.7. The highest BCUT2D eigenvalue weighted by atomic mass is 79.9. The highest BCUT2D eigenvalue weighted by molar-refractivity contribution is 9.10. The van der Waals surface area contributed by atoms with Gasteiger partial charge >= 0.3 is 5.76 Å². The lowest BCUT2D eigenvalue weighted by atomic mass is 9.98. The number of methoxy groups -OCH3 is 1. The molecule has 0 saturated carbocycles. The molecule has 5 nitrogen and oxygen atoms in total. The van der Waals surface area contributed by atoms with Gasteiger partial charge in [-0.2, -0.15) is 0 Å². The number of halogens is 2. The first-order chi connectivity index (χ1) is 11.0. The zero-order valence-electron chi connectivity index (χ0n) is 12.4. The van der Waals surface area contributed by atoms with E-state index in [0.29, 0.717) is 33.5 Å². The van der Waals surface area contributed by atoms with E-state index in [4.69, 9.17) is 9.15 Å². The van der Waals surface area contributed by atoms with Crippen LogP contribution < -0.4 is 10.5 Å². The lowest BCUT2D eigenvalue weighted by Crippen LogP contribution is -2.08. The van der Waals surface area contributed by atoms with Crippen molar-refractivity contribution in [1.82, 2.24) is 4.57 Å². The Hall–Kier alpha value is -2.12. The van der Waals surface area contributed by atoms with Crippen molar-refractivity contribution in [3.8, 4) is 16.9 Å². The number of hydrogen-bond donors (Lipinski definition) is 1. The SMILES string of the molecule is COc1cc2oc(=O)n(C)c2cc1-c1cc(F)c(Br)cc1CO. The van der Waals surface area contributed by atoms with Gasteiger partial charge in [0.05, 0.1) is 23.7 Å². The molecule has 23 heavy (non-hydrogen) atoms. The van der Waals surface area contributed by atoms with E-state index in [1.807, 2.05) is 0 Å². The molecule has 0 unspecified atom stereocenters. The fraction of sp³-hybridized carbons (Fsp3) is 0.188. The second kappa shape index (κ2) is 5.82. The van der Waals surface area contributed by atoms with Crippen molar-refractivity contribution in [3.05, 3.63) is 50.7 Å². The summed E-state index contributed by atoms with van der Waals surface area (Å²) in [4.78, 5) is 11.7. The van der Waals surface area contributed by atoms with Crippen LogP contribution in [0.1, 0.15) is 5.56 Å². The van der Waals surface area contributed by atoms with Crippen molar-refractivity contribution < 1.29 is 18.7 Å². The Kier molecular flexibility index (Phi) is 3.99. The molecule has 0 radical (unpaired) electrons. The van der Waals surface area contributed by atoms with Crippen molar-refractivity contribution in [1.29, 1.82) is 0 Å². The van der Waals surface area contributed by atoms with Gasteiger partial charge in [0.25, 0.3) is 0 Å². The molecule has 3 aromatic rings. The number of aryl methyl sites for hydroxylation is 1. The minimum absolute atomic E-state index is 0.264. The third-order valence-corrected chi connectivity index (χ3v) is 4.33. The molecule has 120 valence electrons. The topological polar surface area (TPSA) is 64.6 Å². The fourth-order valence-electron chi connectivity index (χ4n) is 2.50. The molecule has 0 spiro atoms. The predicted molar refractivity (Wildman–Crippen MR) is 87.0 cm³/mol. The van der Waals surface area contributed by atoms with Gasteiger partial charge < -0.3 is 14.3 Å². The third kappa shape index (κ3) is 2.55. The number of hydrogen-bond acceptors (Lipinski definition) is 4. The molecule has 0 aliphatic heterocycles. The van der Waals surface area contributed by atoms with Crippen LogP contribution in [-0.2, 0) is 13.7 Å². The number of benzene rings is 2. The Balaban J connectivity index is 2.37. The van der Waals surface area contributed by atoms with E-state index < -0.39 is 11.6 Å². The Bertz CT molecular complexity index is 961. The molecule has 0 fully saturated rings. The normalized spacial score (nSPS) is 11.2. The Labute approximate surface area is 139 Å². The van der Waals surface area contributed by atoms with Crippen LogP contribution in [0.15, 0.2) is 37.9 Å². The molecule has 0 atom stereocenters. The maximum absolute atomic E-state index is 14.0. The number of ether oxygens (including phenoxy) is 1. The van der Waals surface area contributed by atoms with Crippen molar-refractivity contribution in [2.24, 2.45) is 7.05 Å². The molecule has 0 saturated heterocycles. The summed E-state index contributed by atoms with van der Waals surface area (Å²) in [5, 5.41) is 9.57. The van der Waals surface area contributed by atoms with Crippen molar-refractivity contribution in [2.45, 2.75) is 6.61 Å². The molecule has 1 aromatic heterocycles. The molecular formula is C16H13BrFNO4. The van der Waals surface area contributed by atoms with Crippen molar-refractivity contribution in [3.63, 3.8) is 0 Å². The van der Waals surface area contributed by atoms with Gasteiger partial charge in [-0.15, -0.1) is 0 Å². The zero-order valence-corrected chi connectivity index (χ0v) is 14.0. The number of oxazole rings is 1. The summed E-state index contributed by atoms with van der Waals surface area (Å²) < 4.78 is 26.1. The molecule has 1 heterocycles. The van der Waals surface area contributed by atoms with E-state index in [2.05, 4.69) is 15.9 Å². The summed E-state index contributed by atoms with van der Waals surface area (Å²) in [5.74, 6) is -0.535. The van der Waals surface area contributed by atoms with E-state index >= 15 is 0 Å². The van der Waals surface area contributed by atoms with E-state index in [0.717, 1.165) is 0 Å². The van der Waals surface area contributed by atoms with Crippen LogP contribution in [0.5, 0.6) is 5.75 Å². The summed E-state index contributed by atoms with van der Waals surface area (Å²) in [6.07, 6.45) is 0. The molecule has 3 rings (SSSR count). The lowest BCUT2D eigenvalue weighted by molar-refractivity contribution is 0.282. The lowest BCUT2D eigenvalue weighted by Gasteiger charge is -2.13.